The zero-order valence-electron chi connectivity index (χ0n) is 19.3. The highest BCUT2D eigenvalue weighted by Crippen LogP contribution is 2.36. The first-order chi connectivity index (χ1) is 17.5. The van der Waals surface area contributed by atoms with Gasteiger partial charge in [-0.1, -0.05) is 35.1 Å². The summed E-state index contributed by atoms with van der Waals surface area (Å²) in [6.45, 7) is 2.16. The van der Waals surface area contributed by atoms with Gasteiger partial charge >= 0.3 is 0 Å². The first kappa shape index (κ1) is 24.4. The molecular formula is C26H24ClFN6OS. The third-order valence-corrected chi connectivity index (χ3v) is 7.55. The summed E-state index contributed by atoms with van der Waals surface area (Å²) in [5.41, 5.74) is 4.07. The maximum Gasteiger partial charge on any atom is 0.189 e. The summed E-state index contributed by atoms with van der Waals surface area (Å²) >= 11 is 7.29. The molecule has 1 saturated heterocycles. The van der Waals surface area contributed by atoms with E-state index >= 15 is 0 Å². The molecule has 3 N–H and O–H groups in total. The Balaban J connectivity index is 1.34. The van der Waals surface area contributed by atoms with Crippen molar-refractivity contribution in [3.8, 4) is 6.07 Å². The predicted molar refractivity (Wildman–Crippen MR) is 142 cm³/mol. The van der Waals surface area contributed by atoms with Gasteiger partial charge in [0.1, 0.15) is 16.6 Å². The Bertz CT molecular complexity index is 1420. The van der Waals surface area contributed by atoms with Crippen LogP contribution in [0.5, 0.6) is 0 Å². The third-order valence-electron chi connectivity index (χ3n) is 6.28. The molecule has 3 heterocycles. The standard InChI is InChI=1S/C26H24ClFN6OS/c27-21-12-19(7-8-22(21)28)31-23-17(13-29)14-30-25-24(23)36-26(33-25)32-18-5-3-16(4-6-18)15-34-10-1-2-20(34)9-11-35/h3-8,12,14,20,35H,1-2,9-11,15H2,(H2,30,31,32,33). The van der Waals surface area contributed by atoms with Crippen LogP contribution in [0.4, 0.5) is 26.6 Å². The number of nitrogens with zero attached hydrogens (tertiary/aromatic N) is 4. The third kappa shape index (κ3) is 5.27. The van der Waals surface area contributed by atoms with Crippen molar-refractivity contribution in [2.24, 2.45) is 0 Å². The fourth-order valence-corrected chi connectivity index (χ4v) is 5.61. The molecule has 1 aliphatic rings. The van der Waals surface area contributed by atoms with Crippen LogP contribution in [-0.4, -0.2) is 39.2 Å². The number of nitriles is 1. The SMILES string of the molecule is N#Cc1cnc2nc(Nc3ccc(CN4CCCC4CCO)cc3)sc2c1Nc1ccc(F)c(Cl)c1. The van der Waals surface area contributed by atoms with E-state index in [0.717, 1.165) is 31.6 Å². The maximum atomic E-state index is 13.6. The van der Waals surface area contributed by atoms with Gasteiger partial charge in [0.15, 0.2) is 10.8 Å². The fraction of sp³-hybridized carbons (Fsp3) is 0.269. The number of hydrogen-bond donors (Lipinski definition) is 3. The molecular weight excluding hydrogens is 499 g/mol. The second-order valence-corrected chi connectivity index (χ2v) is 10.1. The molecule has 1 fully saturated rings. The summed E-state index contributed by atoms with van der Waals surface area (Å²) in [5.74, 6) is -0.511. The number of thiazole rings is 1. The molecule has 1 aliphatic heterocycles. The van der Waals surface area contributed by atoms with Crippen molar-refractivity contribution in [3.63, 3.8) is 0 Å². The Hall–Kier alpha value is -3.29. The van der Waals surface area contributed by atoms with Gasteiger partial charge in [0, 0.05) is 36.8 Å². The minimum atomic E-state index is -0.511. The second kappa shape index (κ2) is 10.8. The summed E-state index contributed by atoms with van der Waals surface area (Å²) in [7, 11) is 0. The molecule has 36 heavy (non-hydrogen) atoms. The molecule has 4 aromatic rings. The van der Waals surface area contributed by atoms with Crippen molar-refractivity contribution in [2.45, 2.75) is 31.8 Å². The Kier molecular flexibility index (Phi) is 7.30. The number of rotatable bonds is 8. The van der Waals surface area contributed by atoms with E-state index < -0.39 is 5.82 Å². The predicted octanol–water partition coefficient (Wildman–Crippen LogP) is 6.19. The van der Waals surface area contributed by atoms with Gasteiger partial charge in [-0.2, -0.15) is 10.2 Å². The Labute approximate surface area is 217 Å². The van der Waals surface area contributed by atoms with Crippen molar-refractivity contribution in [1.29, 1.82) is 5.26 Å². The van der Waals surface area contributed by atoms with E-state index in [9.17, 15) is 14.8 Å². The summed E-state index contributed by atoms with van der Waals surface area (Å²) < 4.78 is 14.3. The summed E-state index contributed by atoms with van der Waals surface area (Å²) in [6.07, 6.45) is 4.61. The van der Waals surface area contributed by atoms with E-state index in [2.05, 4.69) is 43.7 Å². The van der Waals surface area contributed by atoms with E-state index in [-0.39, 0.29) is 11.6 Å². The molecule has 0 saturated carbocycles. The summed E-state index contributed by atoms with van der Waals surface area (Å²) in [4.78, 5) is 11.3. The minimum absolute atomic E-state index is 0.00689. The Morgan fingerprint density at radius 3 is 2.75 bits per heavy atom. The van der Waals surface area contributed by atoms with Crippen LogP contribution in [-0.2, 0) is 6.54 Å². The molecule has 1 atom stereocenters. The molecule has 5 rings (SSSR count). The molecule has 1 unspecified atom stereocenters. The van der Waals surface area contributed by atoms with Crippen molar-refractivity contribution >= 4 is 55.5 Å². The number of anilines is 4. The highest BCUT2D eigenvalue weighted by molar-refractivity contribution is 7.22. The van der Waals surface area contributed by atoms with Crippen molar-refractivity contribution in [1.82, 2.24) is 14.9 Å². The molecule has 0 aliphatic carbocycles. The first-order valence-corrected chi connectivity index (χ1v) is 12.9. The average Bonchev–Trinajstić information content (AvgIpc) is 3.49. The maximum absolute atomic E-state index is 13.6. The van der Waals surface area contributed by atoms with Crippen molar-refractivity contribution < 1.29 is 9.50 Å². The van der Waals surface area contributed by atoms with Gasteiger partial charge in [0.25, 0.3) is 0 Å². The lowest BCUT2D eigenvalue weighted by molar-refractivity contribution is 0.190. The summed E-state index contributed by atoms with van der Waals surface area (Å²) in [6, 6.07) is 15.1. The van der Waals surface area contributed by atoms with E-state index in [0.29, 0.717) is 38.5 Å². The van der Waals surface area contributed by atoms with Crippen LogP contribution in [0.25, 0.3) is 10.3 Å². The van der Waals surface area contributed by atoms with E-state index in [1.54, 1.807) is 6.07 Å². The quantitative estimate of drug-likeness (QED) is 0.254. The molecule has 0 bridgehead atoms. The van der Waals surface area contributed by atoms with Crippen LogP contribution in [0.15, 0.2) is 48.7 Å². The van der Waals surface area contributed by atoms with Crippen LogP contribution < -0.4 is 10.6 Å². The zero-order chi connectivity index (χ0) is 25.1. The smallest absolute Gasteiger partial charge is 0.189 e. The van der Waals surface area contributed by atoms with Crippen LogP contribution >= 0.6 is 22.9 Å². The van der Waals surface area contributed by atoms with E-state index in [1.807, 2.05) is 12.1 Å². The second-order valence-electron chi connectivity index (χ2n) is 8.69. The highest BCUT2D eigenvalue weighted by Gasteiger charge is 2.23. The van der Waals surface area contributed by atoms with Gasteiger partial charge in [-0.25, -0.2) is 9.37 Å². The molecule has 0 radical (unpaired) electrons. The molecule has 7 nitrogen and oxygen atoms in total. The monoisotopic (exact) mass is 522 g/mol. The lowest BCUT2D eigenvalue weighted by Gasteiger charge is -2.23. The molecule has 0 amide bonds. The number of aliphatic hydroxyl groups is 1. The van der Waals surface area contributed by atoms with Gasteiger partial charge in [-0.05, 0) is 61.7 Å². The Morgan fingerprint density at radius 2 is 2.00 bits per heavy atom. The van der Waals surface area contributed by atoms with Gasteiger partial charge in [0.2, 0.25) is 0 Å². The number of likely N-dealkylation sites (tertiary alicyclic amines) is 1. The van der Waals surface area contributed by atoms with Crippen LogP contribution in [0.2, 0.25) is 5.02 Å². The molecule has 2 aromatic carbocycles. The van der Waals surface area contributed by atoms with E-state index in [1.165, 1.54) is 41.7 Å². The number of benzene rings is 2. The van der Waals surface area contributed by atoms with Gasteiger partial charge < -0.3 is 15.7 Å². The molecule has 2 aromatic heterocycles. The number of halogens is 2. The van der Waals surface area contributed by atoms with Gasteiger partial charge in [-0.3, -0.25) is 4.90 Å². The van der Waals surface area contributed by atoms with Crippen LogP contribution in [0, 0.1) is 17.1 Å². The lowest BCUT2D eigenvalue weighted by Crippen LogP contribution is -2.29. The van der Waals surface area contributed by atoms with Gasteiger partial charge in [-0.15, -0.1) is 0 Å². The first-order valence-electron chi connectivity index (χ1n) is 11.7. The lowest BCUT2D eigenvalue weighted by atomic mass is 10.1. The number of aliphatic hydroxyl groups excluding tert-OH is 1. The van der Waals surface area contributed by atoms with Gasteiger partial charge in [0.05, 0.1) is 16.3 Å². The molecule has 0 spiro atoms. The topological polar surface area (TPSA) is 97.1 Å². The zero-order valence-corrected chi connectivity index (χ0v) is 20.9. The highest BCUT2D eigenvalue weighted by atomic mass is 35.5. The number of fused-ring (bicyclic) bond motifs is 1. The minimum Gasteiger partial charge on any atom is -0.396 e. The normalized spacial score (nSPS) is 15.8. The summed E-state index contributed by atoms with van der Waals surface area (Å²) in [5, 5.41) is 26.0. The Morgan fingerprint density at radius 1 is 1.19 bits per heavy atom. The molecule has 10 heteroatoms. The number of hydrogen-bond acceptors (Lipinski definition) is 8. The van der Waals surface area contributed by atoms with Crippen LogP contribution in [0.3, 0.4) is 0 Å². The van der Waals surface area contributed by atoms with Crippen molar-refractivity contribution in [2.75, 3.05) is 23.8 Å². The van der Waals surface area contributed by atoms with E-state index in [4.69, 9.17) is 11.6 Å². The fourth-order valence-electron chi connectivity index (χ4n) is 4.49. The number of nitrogens with one attached hydrogen (secondary N) is 2. The average molecular weight is 523 g/mol. The number of aromatic nitrogens is 2. The molecule has 184 valence electrons. The number of pyridine rings is 1. The van der Waals surface area contributed by atoms with Crippen LogP contribution in [0.1, 0.15) is 30.4 Å². The largest absolute Gasteiger partial charge is 0.396 e. The van der Waals surface area contributed by atoms with Crippen molar-refractivity contribution in [3.05, 3.63) is 70.6 Å².